The first-order valence-electron chi connectivity index (χ1n) is 13.2. The van der Waals surface area contributed by atoms with Crippen molar-refractivity contribution in [3.8, 4) is 0 Å². The van der Waals surface area contributed by atoms with Crippen LogP contribution in [0.5, 0.6) is 0 Å². The Morgan fingerprint density at radius 2 is 1.78 bits per heavy atom. The summed E-state index contributed by atoms with van der Waals surface area (Å²) >= 11 is 0. The maximum absolute atomic E-state index is 14.5. The van der Waals surface area contributed by atoms with Crippen molar-refractivity contribution >= 4 is 5.91 Å². The fourth-order valence-electron chi connectivity index (χ4n) is 7.13. The van der Waals surface area contributed by atoms with Crippen LogP contribution in [-0.2, 0) is 4.79 Å². The molecule has 3 saturated carbocycles. The zero-order chi connectivity index (χ0) is 22.8. The largest absolute Gasteiger partial charge is 0.352 e. The van der Waals surface area contributed by atoms with Crippen LogP contribution in [0.15, 0.2) is 0 Å². The molecule has 0 radical (unpaired) electrons. The van der Waals surface area contributed by atoms with Gasteiger partial charge in [-0.15, -0.1) is 0 Å². The van der Waals surface area contributed by atoms with Gasteiger partial charge in [0.1, 0.15) is 6.17 Å². The van der Waals surface area contributed by atoms with Gasteiger partial charge in [0.05, 0.1) is 6.04 Å². The summed E-state index contributed by atoms with van der Waals surface area (Å²) in [6.45, 7) is 2.77. The third-order valence-corrected chi connectivity index (χ3v) is 9.20. The van der Waals surface area contributed by atoms with Crippen molar-refractivity contribution in [1.29, 1.82) is 0 Å². The number of halogens is 1. The van der Waals surface area contributed by atoms with Crippen molar-refractivity contribution in [3.63, 3.8) is 0 Å². The second-order valence-corrected chi connectivity index (χ2v) is 11.4. The lowest BCUT2D eigenvalue weighted by Crippen LogP contribution is -2.58. The number of alkyl halides is 1. The summed E-state index contributed by atoms with van der Waals surface area (Å²) in [5.74, 6) is 0.732. The van der Waals surface area contributed by atoms with E-state index in [1.807, 2.05) is 0 Å². The van der Waals surface area contributed by atoms with Crippen LogP contribution in [0.1, 0.15) is 71.1 Å². The highest BCUT2D eigenvalue weighted by Gasteiger charge is 2.47. The summed E-state index contributed by atoms with van der Waals surface area (Å²) in [6.07, 6.45) is 9.54. The first-order valence-corrected chi connectivity index (χ1v) is 13.2. The highest BCUT2D eigenvalue weighted by atomic mass is 19.1. The fourth-order valence-corrected chi connectivity index (χ4v) is 7.13. The number of nitrogens with one attached hydrogen (secondary N) is 3. The Bertz CT molecular complexity index is 607. The molecule has 0 spiro atoms. The monoisotopic (exact) mass is 451 g/mol. The van der Waals surface area contributed by atoms with Crippen LogP contribution in [0.2, 0.25) is 0 Å². The Morgan fingerprint density at radius 3 is 2.44 bits per heavy atom. The van der Waals surface area contributed by atoms with E-state index in [1.54, 1.807) is 0 Å². The molecular formula is C25H46FN5O. The van der Waals surface area contributed by atoms with E-state index in [2.05, 4.69) is 41.9 Å². The van der Waals surface area contributed by atoms with Gasteiger partial charge in [0.15, 0.2) is 0 Å². The second-order valence-electron chi connectivity index (χ2n) is 11.4. The first-order chi connectivity index (χ1) is 15.4. The molecule has 5 N–H and O–H groups in total. The molecule has 32 heavy (non-hydrogen) atoms. The molecule has 7 heteroatoms. The van der Waals surface area contributed by atoms with Crippen molar-refractivity contribution in [2.45, 2.75) is 114 Å². The van der Waals surface area contributed by atoms with Crippen molar-refractivity contribution in [2.75, 3.05) is 20.6 Å². The molecule has 0 aromatic heterocycles. The normalized spacial score (nSPS) is 44.9. The summed E-state index contributed by atoms with van der Waals surface area (Å²) < 4.78 is 14.5. The van der Waals surface area contributed by atoms with Crippen molar-refractivity contribution in [2.24, 2.45) is 23.5 Å². The van der Waals surface area contributed by atoms with Crippen LogP contribution in [0.4, 0.5) is 4.39 Å². The number of carbonyl (C=O) groups is 1. The van der Waals surface area contributed by atoms with Crippen molar-refractivity contribution in [3.05, 3.63) is 0 Å². The van der Waals surface area contributed by atoms with E-state index in [0.29, 0.717) is 43.4 Å². The molecule has 1 aliphatic heterocycles. The van der Waals surface area contributed by atoms with Gasteiger partial charge in [-0.3, -0.25) is 4.79 Å². The number of hydrogen-bond donors (Lipinski definition) is 4. The summed E-state index contributed by atoms with van der Waals surface area (Å²) in [7, 11) is 4.36. The molecule has 4 aliphatic rings. The lowest BCUT2D eigenvalue weighted by atomic mass is 9.77. The Morgan fingerprint density at radius 1 is 1.06 bits per heavy atom. The van der Waals surface area contributed by atoms with Crippen LogP contribution in [0.25, 0.3) is 0 Å². The van der Waals surface area contributed by atoms with Crippen LogP contribution in [0.3, 0.4) is 0 Å². The van der Waals surface area contributed by atoms with Crippen LogP contribution >= 0.6 is 0 Å². The molecule has 1 amide bonds. The number of rotatable bonds is 6. The number of nitrogens with zero attached hydrogens (tertiary/aromatic N) is 1. The lowest BCUT2D eigenvalue weighted by Gasteiger charge is -2.42. The Hall–Kier alpha value is -0.760. The van der Waals surface area contributed by atoms with Crippen LogP contribution in [-0.4, -0.2) is 73.9 Å². The van der Waals surface area contributed by atoms with Gasteiger partial charge in [0.2, 0.25) is 5.91 Å². The molecule has 0 aromatic carbocycles. The number of hydrogen-bond acceptors (Lipinski definition) is 5. The molecule has 3 aliphatic carbocycles. The van der Waals surface area contributed by atoms with E-state index < -0.39 is 6.17 Å². The molecule has 0 bridgehead atoms. The topological polar surface area (TPSA) is 82.4 Å². The SMILES string of the molecule is CC1CCC(F)C2CC(C(=O)NC3CCCC(NC4CCC(N(C)C)CC4)C3CN)NC12. The zero-order valence-corrected chi connectivity index (χ0v) is 20.4. The summed E-state index contributed by atoms with van der Waals surface area (Å²) in [5.41, 5.74) is 6.25. The zero-order valence-electron chi connectivity index (χ0n) is 20.4. The smallest absolute Gasteiger partial charge is 0.237 e. The van der Waals surface area contributed by atoms with Gasteiger partial charge in [-0.25, -0.2) is 4.39 Å². The molecule has 1 heterocycles. The van der Waals surface area contributed by atoms with Gasteiger partial charge in [0.25, 0.3) is 0 Å². The van der Waals surface area contributed by atoms with E-state index in [1.165, 1.54) is 25.7 Å². The molecule has 1 saturated heterocycles. The molecule has 8 unspecified atom stereocenters. The predicted octanol–water partition coefficient (Wildman–Crippen LogP) is 2.18. The third-order valence-electron chi connectivity index (χ3n) is 9.20. The molecule has 4 rings (SSSR count). The Balaban J connectivity index is 1.31. The lowest BCUT2D eigenvalue weighted by molar-refractivity contribution is -0.124. The number of fused-ring (bicyclic) bond motifs is 1. The number of carbonyl (C=O) groups excluding carboxylic acids is 1. The second kappa shape index (κ2) is 10.7. The average molecular weight is 452 g/mol. The van der Waals surface area contributed by atoms with E-state index in [-0.39, 0.29) is 35.9 Å². The van der Waals surface area contributed by atoms with Gasteiger partial charge in [-0.2, -0.15) is 0 Å². The average Bonchev–Trinajstić information content (AvgIpc) is 3.24. The standard InChI is InChI=1S/C25H46FN5O/c1-15-7-12-20(26)18-13-23(29-24(15)18)25(32)30-22-6-4-5-21(19(22)14-27)28-16-8-10-17(11-9-16)31(2)3/h15-24,28-29H,4-14,27H2,1-3H3,(H,30,32). The van der Waals surface area contributed by atoms with Gasteiger partial charge >= 0.3 is 0 Å². The summed E-state index contributed by atoms with van der Waals surface area (Å²) in [5, 5.41) is 10.8. The molecule has 4 fully saturated rings. The van der Waals surface area contributed by atoms with Crippen LogP contribution in [0, 0.1) is 17.8 Å². The summed E-state index contributed by atoms with van der Waals surface area (Å²) in [4.78, 5) is 15.5. The predicted molar refractivity (Wildman–Crippen MR) is 127 cm³/mol. The minimum absolute atomic E-state index is 0.0159. The highest BCUT2D eigenvalue weighted by Crippen LogP contribution is 2.39. The van der Waals surface area contributed by atoms with Gasteiger partial charge in [-0.05, 0) is 90.8 Å². The van der Waals surface area contributed by atoms with Gasteiger partial charge in [-0.1, -0.05) is 6.92 Å². The minimum Gasteiger partial charge on any atom is -0.352 e. The maximum Gasteiger partial charge on any atom is 0.237 e. The molecular weight excluding hydrogens is 405 g/mol. The van der Waals surface area contributed by atoms with E-state index in [4.69, 9.17) is 5.73 Å². The maximum atomic E-state index is 14.5. The van der Waals surface area contributed by atoms with Crippen molar-refractivity contribution in [1.82, 2.24) is 20.9 Å². The molecule has 184 valence electrons. The molecule has 0 aromatic rings. The number of nitrogens with two attached hydrogens (primary N) is 1. The van der Waals surface area contributed by atoms with E-state index >= 15 is 0 Å². The summed E-state index contributed by atoms with van der Waals surface area (Å²) in [6, 6.07) is 1.61. The number of amides is 1. The molecule has 8 atom stereocenters. The van der Waals surface area contributed by atoms with Gasteiger partial charge < -0.3 is 26.6 Å². The van der Waals surface area contributed by atoms with Gasteiger partial charge in [0, 0.05) is 42.0 Å². The van der Waals surface area contributed by atoms with Crippen LogP contribution < -0.4 is 21.7 Å². The van der Waals surface area contributed by atoms with E-state index in [9.17, 15) is 9.18 Å². The minimum atomic E-state index is -0.774. The highest BCUT2D eigenvalue weighted by molar-refractivity contribution is 5.82. The van der Waals surface area contributed by atoms with E-state index in [0.717, 1.165) is 25.7 Å². The molecule has 6 nitrogen and oxygen atoms in total. The Labute approximate surface area is 194 Å². The van der Waals surface area contributed by atoms with Crippen molar-refractivity contribution < 1.29 is 9.18 Å². The fraction of sp³-hybridized carbons (Fsp3) is 0.960. The Kier molecular flexibility index (Phi) is 8.12. The first kappa shape index (κ1) is 24.4. The quantitative estimate of drug-likeness (QED) is 0.498. The third kappa shape index (κ3) is 5.31.